The predicted octanol–water partition coefficient (Wildman–Crippen LogP) is 1.00. The van der Waals surface area contributed by atoms with Crippen molar-refractivity contribution in [2.24, 2.45) is 23.3 Å². The number of carboxylic acids is 1. The van der Waals surface area contributed by atoms with Gasteiger partial charge in [-0.15, -0.1) is 0 Å². The van der Waals surface area contributed by atoms with E-state index in [1.807, 2.05) is 29.8 Å². The molecule has 6 amide bonds. The number of rotatable bonds is 25. The minimum atomic E-state index is -4.41. The molecule has 0 heterocycles. The minimum Gasteiger partial charge on any atom is -0.480 e. The summed E-state index contributed by atoms with van der Waals surface area (Å²) in [7, 11) is -0.786. The number of carboxylic acid groups (broad SMARTS) is 1. The number of unbranched alkanes of at least 4 members (excludes halogenated alkanes) is 2. The summed E-state index contributed by atoms with van der Waals surface area (Å²) >= 11 is 0. The Labute approximate surface area is 340 Å². The first-order chi connectivity index (χ1) is 27.2. The quantitative estimate of drug-likeness (QED) is 0.0651. The fourth-order valence-corrected chi connectivity index (χ4v) is 7.34. The van der Waals surface area contributed by atoms with Crippen LogP contribution in [0.25, 0.3) is 10.8 Å². The summed E-state index contributed by atoms with van der Waals surface area (Å²) in [6, 6.07) is 4.39. The summed E-state index contributed by atoms with van der Waals surface area (Å²) in [5.41, 5.74) is 11.7. The topological polar surface area (TPSA) is 289 Å². The Morgan fingerprint density at radius 1 is 0.724 bits per heavy atom. The number of nitrogens with zero attached hydrogens (tertiary/aromatic N) is 1. The summed E-state index contributed by atoms with van der Waals surface area (Å²) in [6.45, 7) is 7.06. The van der Waals surface area contributed by atoms with E-state index in [0.29, 0.717) is 43.0 Å². The Kier molecular flexibility index (Phi) is 19.5. The molecule has 0 fully saturated rings. The molecule has 18 nitrogen and oxygen atoms in total. The monoisotopic (exact) mass is 832 g/mol. The van der Waals surface area contributed by atoms with Crippen molar-refractivity contribution in [3.63, 3.8) is 0 Å². The van der Waals surface area contributed by atoms with Gasteiger partial charge < -0.3 is 42.7 Å². The van der Waals surface area contributed by atoms with Crippen molar-refractivity contribution in [2.75, 3.05) is 25.5 Å². The molecule has 0 saturated carbocycles. The number of carbonyl (C=O) groups is 7. The molecule has 0 bridgehead atoms. The summed E-state index contributed by atoms with van der Waals surface area (Å²) < 4.78 is 29.1. The molecule has 19 heteroatoms. The van der Waals surface area contributed by atoms with E-state index in [9.17, 15) is 47.1 Å². The van der Waals surface area contributed by atoms with Gasteiger partial charge in [-0.3, -0.25) is 28.8 Å². The number of nitrogens with one attached hydrogen (secondary N) is 5. The van der Waals surface area contributed by atoms with E-state index in [0.717, 1.165) is 5.69 Å². The second kappa shape index (κ2) is 23.2. The summed E-state index contributed by atoms with van der Waals surface area (Å²) in [5.74, 6) is -7.17. The average molecular weight is 833 g/mol. The van der Waals surface area contributed by atoms with Crippen LogP contribution in [0.1, 0.15) is 85.5 Å². The lowest BCUT2D eigenvalue weighted by atomic mass is 9.96. The molecular weight excluding hydrogens is 773 g/mol. The van der Waals surface area contributed by atoms with E-state index in [1.54, 1.807) is 52.0 Å². The fraction of sp³-hybridized carbons (Fsp3) is 0.564. The summed E-state index contributed by atoms with van der Waals surface area (Å²) in [5, 5.41) is 20.7. The summed E-state index contributed by atoms with van der Waals surface area (Å²) in [4.78, 5) is 92.3. The van der Waals surface area contributed by atoms with Crippen LogP contribution in [0.2, 0.25) is 0 Å². The number of aliphatic carboxylic acids is 1. The van der Waals surface area contributed by atoms with Gasteiger partial charge in [0.05, 0.1) is 4.90 Å². The number of carbonyl (C=O) groups excluding carboxylic acids is 6. The van der Waals surface area contributed by atoms with E-state index >= 15 is 0 Å². The van der Waals surface area contributed by atoms with Gasteiger partial charge in [-0.25, -0.2) is 17.9 Å². The Morgan fingerprint density at radius 2 is 1.31 bits per heavy atom. The van der Waals surface area contributed by atoms with Crippen LogP contribution in [-0.2, 0) is 43.6 Å². The molecule has 0 aliphatic carbocycles. The fourth-order valence-electron chi connectivity index (χ4n) is 6.10. The van der Waals surface area contributed by atoms with Crippen molar-refractivity contribution in [1.29, 1.82) is 0 Å². The molecular formula is C39H60N8O10S. The van der Waals surface area contributed by atoms with E-state index < -0.39 is 100 Å². The van der Waals surface area contributed by atoms with Gasteiger partial charge in [0.15, 0.2) is 0 Å². The number of sulfonamides is 1. The van der Waals surface area contributed by atoms with Crippen molar-refractivity contribution in [3.05, 3.63) is 36.4 Å². The van der Waals surface area contributed by atoms with Crippen molar-refractivity contribution in [3.8, 4) is 0 Å². The van der Waals surface area contributed by atoms with Crippen molar-refractivity contribution in [1.82, 2.24) is 26.0 Å². The molecule has 0 unspecified atom stereocenters. The lowest BCUT2D eigenvalue weighted by Gasteiger charge is -2.29. The first-order valence-corrected chi connectivity index (χ1v) is 20.9. The maximum atomic E-state index is 13.8. The van der Waals surface area contributed by atoms with E-state index in [-0.39, 0.29) is 24.2 Å². The normalized spacial score (nSPS) is 14.0. The number of hydrogen-bond donors (Lipinski definition) is 8. The number of benzene rings is 2. The van der Waals surface area contributed by atoms with E-state index in [1.165, 1.54) is 6.07 Å². The van der Waals surface area contributed by atoms with Gasteiger partial charge in [0, 0.05) is 49.8 Å². The third-order valence-electron chi connectivity index (χ3n) is 9.63. The number of anilines is 1. The zero-order chi connectivity index (χ0) is 43.7. The van der Waals surface area contributed by atoms with Crippen LogP contribution < -0.4 is 42.4 Å². The lowest BCUT2D eigenvalue weighted by molar-refractivity contribution is -0.144. The van der Waals surface area contributed by atoms with Crippen LogP contribution in [0, 0.1) is 11.8 Å². The standard InChI is InChI=1S/C39H60N8O10S/c1-7-24(4)35(38(53)44-34(23(2)3)39(54)55)45-37(52)28(18-20-31(41)48)43-36(51)27(42-32(49)17-9-8-10-22-40)19-21-33(50)46-58(56,57)30-16-12-13-25-26(30)14-11-15-29(25)47(5)6/h11-16,23-24,27-28,34-35H,7-10,17-22,40H2,1-6H3,(H2,41,48)(H,42,49)(H,43,51)(H,44,53)(H,45,52)(H,46,50)(H,54,55)/t24-,27-,28-,34-,35-/m0/s1. The van der Waals surface area contributed by atoms with Crippen LogP contribution >= 0.6 is 0 Å². The van der Waals surface area contributed by atoms with Crippen LogP contribution in [0.5, 0.6) is 0 Å². The second-order valence-electron chi connectivity index (χ2n) is 14.8. The van der Waals surface area contributed by atoms with Crippen LogP contribution in [0.3, 0.4) is 0 Å². The highest BCUT2D eigenvalue weighted by molar-refractivity contribution is 7.90. The highest BCUT2D eigenvalue weighted by Gasteiger charge is 2.34. The van der Waals surface area contributed by atoms with Crippen molar-refractivity contribution >= 4 is 67.9 Å². The van der Waals surface area contributed by atoms with E-state index in [4.69, 9.17) is 11.5 Å². The van der Waals surface area contributed by atoms with Crippen LogP contribution in [-0.4, -0.2) is 99.7 Å². The Bertz CT molecular complexity index is 1890. The van der Waals surface area contributed by atoms with Crippen molar-refractivity contribution in [2.45, 2.75) is 115 Å². The van der Waals surface area contributed by atoms with Crippen LogP contribution in [0.15, 0.2) is 41.3 Å². The number of nitrogens with two attached hydrogens (primary N) is 2. The molecule has 0 aliphatic heterocycles. The highest BCUT2D eigenvalue weighted by atomic mass is 32.2. The Morgan fingerprint density at radius 3 is 1.90 bits per heavy atom. The predicted molar refractivity (Wildman–Crippen MR) is 218 cm³/mol. The first-order valence-electron chi connectivity index (χ1n) is 19.4. The molecule has 322 valence electrons. The molecule has 5 atom stereocenters. The zero-order valence-corrected chi connectivity index (χ0v) is 34.9. The van der Waals surface area contributed by atoms with Crippen molar-refractivity contribution < 1.29 is 47.1 Å². The third kappa shape index (κ3) is 14.9. The largest absolute Gasteiger partial charge is 0.480 e. The molecule has 2 aromatic carbocycles. The Hall–Kier alpha value is -5.30. The Balaban J connectivity index is 2.36. The molecule has 0 aromatic heterocycles. The lowest BCUT2D eigenvalue weighted by Crippen LogP contribution is -2.59. The molecule has 10 N–H and O–H groups in total. The number of fused-ring (bicyclic) bond motifs is 1. The molecule has 58 heavy (non-hydrogen) atoms. The van der Waals surface area contributed by atoms with Gasteiger partial charge in [-0.05, 0) is 56.2 Å². The molecule has 0 aliphatic rings. The van der Waals surface area contributed by atoms with Gasteiger partial charge in [-0.2, -0.15) is 0 Å². The maximum Gasteiger partial charge on any atom is 0.326 e. The highest BCUT2D eigenvalue weighted by Crippen LogP contribution is 2.30. The molecule has 0 radical (unpaired) electrons. The smallest absolute Gasteiger partial charge is 0.326 e. The molecule has 2 aromatic rings. The third-order valence-corrected chi connectivity index (χ3v) is 11.1. The molecule has 2 rings (SSSR count). The van der Waals surface area contributed by atoms with Crippen LogP contribution in [0.4, 0.5) is 5.69 Å². The zero-order valence-electron chi connectivity index (χ0n) is 34.1. The van der Waals surface area contributed by atoms with Gasteiger partial charge in [-0.1, -0.05) is 64.8 Å². The molecule has 0 saturated heterocycles. The average Bonchev–Trinajstić information content (AvgIpc) is 3.15. The van der Waals surface area contributed by atoms with Gasteiger partial charge >= 0.3 is 5.97 Å². The maximum absolute atomic E-state index is 13.8. The minimum absolute atomic E-state index is 0.00533. The number of primary amides is 1. The first kappa shape index (κ1) is 48.8. The number of amides is 6. The van der Waals surface area contributed by atoms with Gasteiger partial charge in [0.1, 0.15) is 24.2 Å². The van der Waals surface area contributed by atoms with E-state index in [2.05, 4.69) is 21.3 Å². The number of hydrogen-bond acceptors (Lipinski definition) is 11. The second-order valence-corrected chi connectivity index (χ2v) is 16.5. The van der Waals surface area contributed by atoms with Gasteiger partial charge in [0.25, 0.3) is 10.0 Å². The molecule has 0 spiro atoms. The van der Waals surface area contributed by atoms with Gasteiger partial charge in [0.2, 0.25) is 35.4 Å². The SMILES string of the molecule is CC[C@H](C)[C@H](NC(=O)[C@H](CCC(N)=O)NC(=O)[C@H](CCC(=O)NS(=O)(=O)c1cccc2c(N(C)C)cccc12)NC(=O)CCCCCN)C(=O)N[C@H](C(=O)O)C(C)C. The summed E-state index contributed by atoms with van der Waals surface area (Å²) in [6.07, 6.45) is 0.522.